The number of ether oxygens (including phenoxy) is 1. The first-order valence-electron chi connectivity index (χ1n) is 11.6. The molecule has 5 nitrogen and oxygen atoms in total. The van der Waals surface area contributed by atoms with Crippen LogP contribution in [0, 0.1) is 11.8 Å². The van der Waals surface area contributed by atoms with Gasteiger partial charge in [-0.05, 0) is 56.8 Å². The minimum atomic E-state index is -0.0766. The van der Waals surface area contributed by atoms with E-state index in [1.807, 2.05) is 0 Å². The van der Waals surface area contributed by atoms with Crippen LogP contribution in [0.3, 0.4) is 0 Å². The second-order valence-corrected chi connectivity index (χ2v) is 10.3. The minimum Gasteiger partial charge on any atom is -0.468 e. The molecule has 0 aromatic carbocycles. The zero-order valence-electron chi connectivity index (χ0n) is 17.5. The maximum atomic E-state index is 12.5. The number of hydrogen-bond donors (Lipinski definition) is 1. The molecule has 2 saturated carbocycles. The van der Waals surface area contributed by atoms with E-state index >= 15 is 0 Å². The Morgan fingerprint density at radius 2 is 1.68 bits per heavy atom. The maximum Gasteiger partial charge on any atom is 0.323 e. The second kappa shape index (κ2) is 9.63. The Morgan fingerprint density at radius 3 is 2.39 bits per heavy atom. The lowest BCUT2D eigenvalue weighted by molar-refractivity contribution is -0.149. The highest BCUT2D eigenvalue weighted by Crippen LogP contribution is 2.33. The molecule has 3 unspecified atom stereocenters. The summed E-state index contributed by atoms with van der Waals surface area (Å²) in [5, 5.41) is 4.10. The third kappa shape index (κ3) is 4.85. The highest BCUT2D eigenvalue weighted by Gasteiger charge is 2.45. The van der Waals surface area contributed by atoms with Gasteiger partial charge in [-0.3, -0.25) is 19.9 Å². The predicted octanol–water partition coefficient (Wildman–Crippen LogP) is 3.21. The fourth-order valence-corrected chi connectivity index (χ4v) is 6.35. The van der Waals surface area contributed by atoms with Crippen LogP contribution in [0.5, 0.6) is 0 Å². The minimum absolute atomic E-state index is 0.0463. The van der Waals surface area contributed by atoms with Crippen molar-refractivity contribution in [1.82, 2.24) is 15.1 Å². The normalized spacial score (nSPS) is 38.3. The molecule has 4 rings (SSSR count). The number of nitrogens with zero attached hydrogens (tertiary/aromatic N) is 2. The highest BCUT2D eigenvalue weighted by molar-refractivity contribution is 6.20. The van der Waals surface area contributed by atoms with Crippen molar-refractivity contribution in [1.29, 1.82) is 0 Å². The van der Waals surface area contributed by atoms with Gasteiger partial charge in [0.2, 0.25) is 0 Å². The number of carbonyl (C=O) groups excluding carboxylic acids is 1. The molecule has 160 valence electrons. The van der Waals surface area contributed by atoms with Crippen molar-refractivity contribution in [3.05, 3.63) is 0 Å². The van der Waals surface area contributed by atoms with Crippen LogP contribution in [0.1, 0.15) is 64.2 Å². The van der Waals surface area contributed by atoms with Gasteiger partial charge < -0.3 is 4.74 Å². The van der Waals surface area contributed by atoms with Crippen molar-refractivity contribution >= 4 is 17.6 Å². The van der Waals surface area contributed by atoms with Gasteiger partial charge in [0.25, 0.3) is 0 Å². The number of methoxy groups -OCH3 is 1. The van der Waals surface area contributed by atoms with Crippen molar-refractivity contribution in [3.63, 3.8) is 0 Å². The van der Waals surface area contributed by atoms with E-state index in [-0.39, 0.29) is 12.0 Å². The smallest absolute Gasteiger partial charge is 0.323 e. The quantitative estimate of drug-likeness (QED) is 0.556. The summed E-state index contributed by atoms with van der Waals surface area (Å²) in [5.41, 5.74) is 0. The number of halogens is 1. The zero-order chi connectivity index (χ0) is 19.5. The number of fused-ring (bicyclic) bond motifs is 1. The van der Waals surface area contributed by atoms with E-state index in [2.05, 4.69) is 15.1 Å². The molecular formula is C22H38ClN3O2. The van der Waals surface area contributed by atoms with Crippen LogP contribution >= 0.6 is 11.6 Å². The average Bonchev–Trinajstić information content (AvgIpc) is 3.11. The summed E-state index contributed by atoms with van der Waals surface area (Å²) >= 11 is 6.30. The van der Waals surface area contributed by atoms with Gasteiger partial charge in [-0.1, -0.05) is 19.3 Å². The molecule has 4 fully saturated rings. The molecule has 2 aliphatic carbocycles. The zero-order valence-corrected chi connectivity index (χ0v) is 18.2. The Kier molecular flexibility index (Phi) is 7.19. The van der Waals surface area contributed by atoms with Crippen molar-refractivity contribution in [2.75, 3.05) is 33.4 Å². The van der Waals surface area contributed by atoms with Gasteiger partial charge in [0.05, 0.1) is 7.11 Å². The topological polar surface area (TPSA) is 44.8 Å². The Morgan fingerprint density at radius 1 is 1.00 bits per heavy atom. The summed E-state index contributed by atoms with van der Waals surface area (Å²) in [5.74, 6) is 1.48. The second-order valence-electron chi connectivity index (χ2n) is 9.66. The first kappa shape index (κ1) is 20.9. The molecule has 6 heteroatoms. The van der Waals surface area contributed by atoms with Crippen LogP contribution in [0.15, 0.2) is 0 Å². The summed E-state index contributed by atoms with van der Waals surface area (Å²) in [6.45, 7) is 4.20. The fraction of sp³-hybridized carbons (Fsp3) is 0.955. The molecule has 2 aliphatic heterocycles. The number of hydrogen-bond acceptors (Lipinski definition) is 5. The van der Waals surface area contributed by atoms with E-state index in [4.69, 9.17) is 16.3 Å². The van der Waals surface area contributed by atoms with Crippen molar-refractivity contribution in [2.24, 2.45) is 11.8 Å². The van der Waals surface area contributed by atoms with E-state index in [9.17, 15) is 4.79 Å². The van der Waals surface area contributed by atoms with Crippen LogP contribution in [0.4, 0.5) is 0 Å². The monoisotopic (exact) mass is 411 g/mol. The molecule has 2 saturated heterocycles. The van der Waals surface area contributed by atoms with Crippen molar-refractivity contribution in [3.8, 4) is 0 Å². The molecule has 4 aliphatic rings. The van der Waals surface area contributed by atoms with E-state index < -0.39 is 0 Å². The molecule has 1 N–H and O–H groups in total. The summed E-state index contributed by atoms with van der Waals surface area (Å²) in [4.78, 5) is 17.6. The standard InChI is InChI=1S/C22H38ClN3O2/c1-28-22(27)20-11-19-21(14-25(20)12-16-5-3-2-4-6-16)26(15-24-19)13-17-7-9-18(23)10-8-17/h16-21,24H,2-15H2,1H3. The number of alkyl halides is 1. The molecule has 28 heavy (non-hydrogen) atoms. The number of carbonyl (C=O) groups is 1. The Bertz CT molecular complexity index is 520. The van der Waals surface area contributed by atoms with Gasteiger partial charge in [0.15, 0.2) is 0 Å². The lowest BCUT2D eigenvalue weighted by Crippen LogP contribution is -2.59. The lowest BCUT2D eigenvalue weighted by Gasteiger charge is -2.44. The Balaban J connectivity index is 1.39. The van der Waals surface area contributed by atoms with Crippen LogP contribution in [0.25, 0.3) is 0 Å². The molecule has 0 aromatic heterocycles. The molecule has 0 radical (unpaired) electrons. The van der Waals surface area contributed by atoms with E-state index in [1.165, 1.54) is 71.4 Å². The van der Waals surface area contributed by atoms with Gasteiger partial charge in [0.1, 0.15) is 6.04 Å². The molecule has 0 spiro atoms. The number of nitrogens with one attached hydrogen (secondary N) is 1. The van der Waals surface area contributed by atoms with Crippen LogP contribution in [-0.4, -0.2) is 72.7 Å². The molecule has 2 heterocycles. The molecule has 0 amide bonds. The van der Waals surface area contributed by atoms with Gasteiger partial charge in [-0.2, -0.15) is 0 Å². The van der Waals surface area contributed by atoms with Crippen molar-refractivity contribution in [2.45, 2.75) is 87.7 Å². The number of esters is 1. The number of rotatable bonds is 5. The van der Waals surface area contributed by atoms with Gasteiger partial charge in [-0.25, -0.2) is 0 Å². The molecular weight excluding hydrogens is 374 g/mol. The third-order valence-corrected chi connectivity index (χ3v) is 8.23. The van der Waals surface area contributed by atoms with Crippen LogP contribution < -0.4 is 5.32 Å². The van der Waals surface area contributed by atoms with Crippen molar-refractivity contribution < 1.29 is 9.53 Å². The molecule has 3 atom stereocenters. The summed E-state index contributed by atoms with van der Waals surface area (Å²) in [6, 6.07) is 0.863. The first-order valence-corrected chi connectivity index (χ1v) is 12.0. The van der Waals surface area contributed by atoms with Crippen LogP contribution in [-0.2, 0) is 9.53 Å². The van der Waals surface area contributed by atoms with E-state index in [0.29, 0.717) is 17.5 Å². The average molecular weight is 412 g/mol. The maximum absolute atomic E-state index is 12.5. The Hall–Kier alpha value is -0.360. The number of piperidine rings is 1. The predicted molar refractivity (Wildman–Crippen MR) is 112 cm³/mol. The van der Waals surface area contributed by atoms with E-state index in [1.54, 1.807) is 0 Å². The molecule has 0 bridgehead atoms. The van der Waals surface area contributed by atoms with E-state index in [0.717, 1.165) is 38.0 Å². The summed E-state index contributed by atoms with van der Waals surface area (Å²) < 4.78 is 5.18. The van der Waals surface area contributed by atoms with Gasteiger partial charge in [-0.15, -0.1) is 11.6 Å². The fourth-order valence-electron chi connectivity index (χ4n) is 6.10. The van der Waals surface area contributed by atoms with Gasteiger partial charge in [0, 0.05) is 43.8 Å². The SMILES string of the molecule is COC(=O)C1CC2NCN(CC3CCC(Cl)CC3)C2CN1CC1CCCCC1. The van der Waals surface area contributed by atoms with Crippen LogP contribution in [0.2, 0.25) is 0 Å². The lowest BCUT2D eigenvalue weighted by atomic mass is 9.86. The highest BCUT2D eigenvalue weighted by atomic mass is 35.5. The first-order chi connectivity index (χ1) is 13.6. The summed E-state index contributed by atoms with van der Waals surface area (Å²) in [6.07, 6.45) is 12.5. The largest absolute Gasteiger partial charge is 0.468 e. The summed E-state index contributed by atoms with van der Waals surface area (Å²) in [7, 11) is 1.54. The molecule has 0 aromatic rings. The van der Waals surface area contributed by atoms with Gasteiger partial charge >= 0.3 is 5.97 Å². The number of likely N-dealkylation sites (tertiary alicyclic amines) is 1. The third-order valence-electron chi connectivity index (χ3n) is 7.79. The Labute approximate surface area is 175 Å².